The van der Waals surface area contributed by atoms with E-state index in [9.17, 15) is 4.79 Å². The number of nitrogens with one attached hydrogen (secondary N) is 1. The van der Waals surface area contributed by atoms with Gasteiger partial charge >= 0.3 is 0 Å². The van der Waals surface area contributed by atoms with Crippen LogP contribution in [0.25, 0.3) is 0 Å². The molecule has 6 nitrogen and oxygen atoms in total. The third-order valence-electron chi connectivity index (χ3n) is 2.04. The van der Waals surface area contributed by atoms with Crippen molar-refractivity contribution in [2.45, 2.75) is 5.16 Å². The zero-order valence-corrected chi connectivity index (χ0v) is 11.1. The van der Waals surface area contributed by atoms with E-state index in [0.29, 0.717) is 15.9 Å². The van der Waals surface area contributed by atoms with Gasteiger partial charge < -0.3 is 5.32 Å². The van der Waals surface area contributed by atoms with Gasteiger partial charge in [-0.05, 0) is 34.7 Å². The van der Waals surface area contributed by atoms with E-state index in [2.05, 4.69) is 20.8 Å². The highest BCUT2D eigenvalue weighted by molar-refractivity contribution is 7.99. The van der Waals surface area contributed by atoms with Crippen molar-refractivity contribution in [2.24, 2.45) is 7.05 Å². The number of thioether (sulfide) groups is 1. The first-order valence-corrected chi connectivity index (χ1v) is 6.42. The van der Waals surface area contributed by atoms with Crippen molar-refractivity contribution in [3.8, 4) is 0 Å². The van der Waals surface area contributed by atoms with Gasteiger partial charge in [0.05, 0.1) is 5.75 Å². The Labute approximate surface area is 113 Å². The summed E-state index contributed by atoms with van der Waals surface area (Å²) in [5, 5.41) is 14.9. The number of halogens is 1. The average molecular weight is 284 g/mol. The predicted molar refractivity (Wildman–Crippen MR) is 69.6 cm³/mol. The molecule has 1 amide bonds. The molecule has 1 aromatic carbocycles. The lowest BCUT2D eigenvalue weighted by molar-refractivity contribution is -0.113. The quantitative estimate of drug-likeness (QED) is 0.863. The first-order chi connectivity index (χ1) is 8.65. The summed E-state index contributed by atoms with van der Waals surface area (Å²) >= 11 is 7.03. The van der Waals surface area contributed by atoms with Crippen molar-refractivity contribution in [3.05, 3.63) is 29.3 Å². The van der Waals surface area contributed by atoms with Gasteiger partial charge in [-0.3, -0.25) is 4.79 Å². The average Bonchev–Trinajstić information content (AvgIpc) is 2.75. The molecule has 2 rings (SSSR count). The van der Waals surface area contributed by atoms with Gasteiger partial charge in [0, 0.05) is 17.8 Å². The fourth-order valence-corrected chi connectivity index (χ4v) is 1.98. The van der Waals surface area contributed by atoms with Crippen molar-refractivity contribution in [2.75, 3.05) is 11.1 Å². The van der Waals surface area contributed by atoms with E-state index in [1.54, 1.807) is 31.3 Å². The minimum absolute atomic E-state index is 0.120. The maximum atomic E-state index is 11.7. The molecule has 0 aliphatic carbocycles. The number of carbonyl (C=O) groups excluding carboxylic acids is 1. The van der Waals surface area contributed by atoms with Gasteiger partial charge in [-0.15, -0.1) is 5.10 Å². The van der Waals surface area contributed by atoms with E-state index in [1.165, 1.54) is 16.4 Å². The largest absolute Gasteiger partial charge is 0.325 e. The zero-order chi connectivity index (χ0) is 13.0. The second-order valence-electron chi connectivity index (χ2n) is 3.43. The van der Waals surface area contributed by atoms with E-state index < -0.39 is 0 Å². The van der Waals surface area contributed by atoms with Gasteiger partial charge in [-0.2, -0.15) is 0 Å². The zero-order valence-electron chi connectivity index (χ0n) is 9.50. The fourth-order valence-electron chi connectivity index (χ4n) is 1.20. The van der Waals surface area contributed by atoms with Crippen LogP contribution in [-0.2, 0) is 11.8 Å². The minimum Gasteiger partial charge on any atom is -0.325 e. The highest BCUT2D eigenvalue weighted by Crippen LogP contribution is 2.15. The molecular formula is C10H10ClN5OS. The molecule has 0 spiro atoms. The first-order valence-electron chi connectivity index (χ1n) is 5.06. The smallest absolute Gasteiger partial charge is 0.234 e. The number of tetrazole rings is 1. The van der Waals surface area contributed by atoms with E-state index in [4.69, 9.17) is 11.6 Å². The molecular weight excluding hydrogens is 274 g/mol. The Kier molecular flexibility index (Phi) is 4.16. The molecule has 1 N–H and O–H groups in total. The summed E-state index contributed by atoms with van der Waals surface area (Å²) in [6, 6.07) is 6.93. The highest BCUT2D eigenvalue weighted by Gasteiger charge is 2.07. The van der Waals surface area contributed by atoms with Crippen LogP contribution >= 0.6 is 23.4 Å². The molecule has 0 bridgehead atoms. The summed E-state index contributed by atoms with van der Waals surface area (Å²) in [6.45, 7) is 0. The Balaban J connectivity index is 1.86. The number of carbonyl (C=O) groups is 1. The summed E-state index contributed by atoms with van der Waals surface area (Å²) in [4.78, 5) is 11.7. The van der Waals surface area contributed by atoms with Crippen LogP contribution < -0.4 is 5.32 Å². The minimum atomic E-state index is -0.120. The van der Waals surface area contributed by atoms with Crippen LogP contribution in [0.2, 0.25) is 5.02 Å². The lowest BCUT2D eigenvalue weighted by Gasteiger charge is -2.04. The summed E-state index contributed by atoms with van der Waals surface area (Å²) in [7, 11) is 1.72. The summed E-state index contributed by atoms with van der Waals surface area (Å²) in [5.41, 5.74) is 0.709. The van der Waals surface area contributed by atoms with Gasteiger partial charge in [-0.25, -0.2) is 4.68 Å². The monoisotopic (exact) mass is 283 g/mol. The van der Waals surface area contributed by atoms with Gasteiger partial charge in [0.25, 0.3) is 0 Å². The van der Waals surface area contributed by atoms with Crippen molar-refractivity contribution in [1.82, 2.24) is 20.2 Å². The van der Waals surface area contributed by atoms with Crippen LogP contribution in [0.3, 0.4) is 0 Å². The maximum Gasteiger partial charge on any atom is 0.234 e. The Morgan fingerprint density at radius 2 is 2.17 bits per heavy atom. The highest BCUT2D eigenvalue weighted by atomic mass is 35.5. The van der Waals surface area contributed by atoms with E-state index >= 15 is 0 Å². The molecule has 0 aliphatic rings. The number of aromatic nitrogens is 4. The van der Waals surface area contributed by atoms with Crippen molar-refractivity contribution in [1.29, 1.82) is 0 Å². The number of anilines is 1. The number of aryl methyl sites for hydroxylation is 1. The molecule has 2 aromatic rings. The predicted octanol–water partition coefficient (Wildman–Crippen LogP) is 1.59. The summed E-state index contributed by atoms with van der Waals surface area (Å²) in [5.74, 6) is 0.127. The molecule has 0 radical (unpaired) electrons. The second kappa shape index (κ2) is 5.83. The normalized spacial score (nSPS) is 10.3. The molecule has 8 heteroatoms. The van der Waals surface area contributed by atoms with Crippen LogP contribution in [0.15, 0.2) is 29.4 Å². The number of nitrogens with zero attached hydrogens (tertiary/aromatic N) is 4. The first kappa shape index (κ1) is 12.8. The molecule has 0 saturated carbocycles. The van der Waals surface area contributed by atoms with Gasteiger partial charge in [0.2, 0.25) is 11.1 Å². The van der Waals surface area contributed by atoms with Crippen LogP contribution in [0.1, 0.15) is 0 Å². The maximum absolute atomic E-state index is 11.7. The Hall–Kier alpha value is -1.60. The van der Waals surface area contributed by atoms with Crippen molar-refractivity contribution in [3.63, 3.8) is 0 Å². The number of amides is 1. The van der Waals surface area contributed by atoms with Crippen LogP contribution in [0.4, 0.5) is 5.69 Å². The molecule has 18 heavy (non-hydrogen) atoms. The van der Waals surface area contributed by atoms with Crippen molar-refractivity contribution >= 4 is 35.0 Å². The Morgan fingerprint density at radius 1 is 1.44 bits per heavy atom. The third-order valence-corrected chi connectivity index (χ3v) is 3.30. The van der Waals surface area contributed by atoms with Crippen LogP contribution in [0, 0.1) is 0 Å². The lowest BCUT2D eigenvalue weighted by atomic mass is 10.3. The van der Waals surface area contributed by atoms with Crippen LogP contribution in [0.5, 0.6) is 0 Å². The topological polar surface area (TPSA) is 72.7 Å². The number of benzene rings is 1. The van der Waals surface area contributed by atoms with Gasteiger partial charge in [0.1, 0.15) is 0 Å². The fraction of sp³-hybridized carbons (Fsp3) is 0.200. The summed E-state index contributed by atoms with van der Waals surface area (Å²) < 4.78 is 1.51. The second-order valence-corrected chi connectivity index (χ2v) is 4.81. The third kappa shape index (κ3) is 3.44. The van der Waals surface area contributed by atoms with Crippen molar-refractivity contribution < 1.29 is 4.79 Å². The molecule has 1 heterocycles. The number of rotatable bonds is 4. The molecule has 0 unspecified atom stereocenters. The molecule has 0 fully saturated rings. The molecule has 1 aromatic heterocycles. The van der Waals surface area contributed by atoms with Crippen LogP contribution in [-0.4, -0.2) is 31.9 Å². The Bertz CT molecular complexity index is 541. The van der Waals surface area contributed by atoms with Gasteiger partial charge in [-0.1, -0.05) is 23.4 Å². The lowest BCUT2D eigenvalue weighted by Crippen LogP contribution is -2.14. The standard InChI is InChI=1S/C10H10ClN5OS/c1-16-10(13-14-15-16)18-6-9(17)12-8-4-2-7(11)3-5-8/h2-5H,6H2,1H3,(H,12,17). The van der Waals surface area contributed by atoms with Gasteiger partial charge in [0.15, 0.2) is 0 Å². The molecule has 0 atom stereocenters. The SMILES string of the molecule is Cn1nnnc1SCC(=O)Nc1ccc(Cl)cc1. The van der Waals surface area contributed by atoms with E-state index in [-0.39, 0.29) is 11.7 Å². The Morgan fingerprint density at radius 3 is 2.78 bits per heavy atom. The molecule has 0 saturated heterocycles. The van der Waals surface area contributed by atoms with E-state index in [1.807, 2.05) is 0 Å². The number of hydrogen-bond acceptors (Lipinski definition) is 5. The molecule has 0 aliphatic heterocycles. The number of hydrogen-bond donors (Lipinski definition) is 1. The van der Waals surface area contributed by atoms with E-state index in [0.717, 1.165) is 0 Å². The molecule has 94 valence electrons. The summed E-state index contributed by atoms with van der Waals surface area (Å²) in [6.07, 6.45) is 0.